The quantitative estimate of drug-likeness (QED) is 0.464. The molecule has 0 unspecified atom stereocenters. The van der Waals surface area contributed by atoms with E-state index in [0.29, 0.717) is 22.9 Å². The minimum Gasteiger partial charge on any atom is -0.398 e. The average molecular weight is 381 g/mol. The van der Waals surface area contributed by atoms with E-state index in [1.54, 1.807) is 28.4 Å². The van der Waals surface area contributed by atoms with E-state index in [9.17, 15) is 0 Å². The lowest BCUT2D eigenvalue weighted by Crippen LogP contribution is -2.46. The van der Waals surface area contributed by atoms with Gasteiger partial charge in [-0.25, -0.2) is 0 Å². The highest BCUT2D eigenvalue weighted by Gasteiger charge is 2.42. The van der Waals surface area contributed by atoms with Gasteiger partial charge in [0.15, 0.2) is 0 Å². The molecule has 0 N–H and O–H groups in total. The Morgan fingerprint density at radius 3 is 0.917 bits per heavy atom. The second-order valence-corrected chi connectivity index (χ2v) is 16.0. The maximum Gasteiger partial charge on any atom is 0.342 e. The van der Waals surface area contributed by atoms with Crippen molar-refractivity contribution in [2.24, 2.45) is 11.8 Å². The highest BCUT2D eigenvalue weighted by Crippen LogP contribution is 2.32. The summed E-state index contributed by atoms with van der Waals surface area (Å²) in [5.41, 5.74) is 1.02. The summed E-state index contributed by atoms with van der Waals surface area (Å²) in [4.78, 5) is 0. The van der Waals surface area contributed by atoms with Crippen LogP contribution in [-0.2, 0) is 17.7 Å². The average Bonchev–Trinajstić information content (AvgIpc) is 2.47. The normalized spacial score (nSPS) is 13.0. The van der Waals surface area contributed by atoms with E-state index in [1.165, 1.54) is 0 Å². The molecule has 0 bridgehead atoms. The number of rotatable bonds is 10. The maximum atomic E-state index is 5.63. The molecule has 0 aliphatic carbocycles. The van der Waals surface area contributed by atoms with E-state index in [2.05, 4.69) is 55.4 Å². The van der Waals surface area contributed by atoms with E-state index >= 15 is 0 Å². The molecule has 0 aromatic carbocycles. The summed E-state index contributed by atoms with van der Waals surface area (Å²) >= 11 is 0. The third-order valence-corrected chi connectivity index (χ3v) is 13.3. The van der Waals surface area contributed by atoms with Gasteiger partial charge in [0.2, 0.25) is 0 Å². The van der Waals surface area contributed by atoms with Crippen molar-refractivity contribution in [1.29, 1.82) is 0 Å². The molecule has 0 radical (unpaired) electrons. The summed E-state index contributed by atoms with van der Waals surface area (Å²) in [7, 11) is 3.34. The predicted octanol–water partition coefficient (Wildman–Crippen LogP) is 5.57. The Morgan fingerprint density at radius 1 is 0.542 bits per heavy atom. The minimum absolute atomic E-state index is 0.512. The Bertz CT molecular complexity index is 277. The predicted molar refractivity (Wildman–Crippen MR) is 109 cm³/mol. The molecule has 0 spiro atoms. The SMILES string of the molecule is CO[Si](CC(C)C)(CC(C)C)OC.CO[Si](OC)(C(C)C)C(C)C. The molecule has 0 aromatic rings. The molecule has 0 fully saturated rings. The summed E-state index contributed by atoms with van der Waals surface area (Å²) < 4.78 is 22.3. The summed E-state index contributed by atoms with van der Waals surface area (Å²) in [5, 5.41) is 0. The molecule has 0 saturated carbocycles. The van der Waals surface area contributed by atoms with Crippen LogP contribution in [0.2, 0.25) is 23.2 Å². The van der Waals surface area contributed by atoms with E-state index in [1.807, 2.05) is 0 Å². The fraction of sp³-hybridized carbons (Fsp3) is 1.00. The molecule has 0 aliphatic heterocycles. The van der Waals surface area contributed by atoms with Gasteiger partial charge < -0.3 is 17.7 Å². The van der Waals surface area contributed by atoms with Crippen LogP contribution in [0.25, 0.3) is 0 Å². The van der Waals surface area contributed by atoms with Gasteiger partial charge in [0.05, 0.1) is 0 Å². The van der Waals surface area contributed by atoms with Crippen molar-refractivity contribution in [2.75, 3.05) is 28.4 Å². The molecule has 4 nitrogen and oxygen atoms in total. The first-order valence-corrected chi connectivity index (χ1v) is 13.4. The Kier molecular flexibility index (Phi) is 13.9. The van der Waals surface area contributed by atoms with Crippen molar-refractivity contribution >= 4 is 17.1 Å². The molecule has 6 heteroatoms. The maximum absolute atomic E-state index is 5.63. The van der Waals surface area contributed by atoms with Gasteiger partial charge in [-0.1, -0.05) is 55.4 Å². The van der Waals surface area contributed by atoms with Crippen LogP contribution in [0.4, 0.5) is 0 Å². The van der Waals surface area contributed by atoms with Gasteiger partial charge in [-0.15, -0.1) is 0 Å². The summed E-state index contributed by atoms with van der Waals surface area (Å²) in [6, 6.07) is 2.19. The molecule has 0 aliphatic rings. The Balaban J connectivity index is 0. The van der Waals surface area contributed by atoms with Gasteiger partial charge in [0, 0.05) is 28.4 Å². The van der Waals surface area contributed by atoms with Crippen LogP contribution in [-0.4, -0.2) is 45.6 Å². The molecular weight excluding hydrogens is 336 g/mol. The number of hydrogen-bond acceptors (Lipinski definition) is 4. The minimum atomic E-state index is -1.90. The van der Waals surface area contributed by atoms with E-state index in [0.717, 1.165) is 12.1 Å². The van der Waals surface area contributed by atoms with Gasteiger partial charge in [-0.2, -0.15) is 0 Å². The van der Waals surface area contributed by atoms with Gasteiger partial charge >= 0.3 is 17.1 Å². The Hall–Kier alpha value is 0.274. The van der Waals surface area contributed by atoms with Crippen LogP contribution >= 0.6 is 0 Å². The monoisotopic (exact) mass is 380 g/mol. The van der Waals surface area contributed by atoms with Gasteiger partial charge in [0.1, 0.15) is 0 Å². The fourth-order valence-corrected chi connectivity index (χ4v) is 10.3. The lowest BCUT2D eigenvalue weighted by atomic mass is 10.3. The van der Waals surface area contributed by atoms with Gasteiger partial charge in [-0.05, 0) is 35.0 Å². The summed E-state index contributed by atoms with van der Waals surface area (Å²) in [6.45, 7) is 17.6. The molecule has 0 aromatic heterocycles. The van der Waals surface area contributed by atoms with Crippen molar-refractivity contribution in [2.45, 2.75) is 78.6 Å². The fourth-order valence-electron chi connectivity index (χ4n) is 3.44. The second kappa shape index (κ2) is 12.6. The Morgan fingerprint density at radius 2 is 0.833 bits per heavy atom. The first-order chi connectivity index (χ1) is 11.0. The van der Waals surface area contributed by atoms with Crippen LogP contribution in [0.5, 0.6) is 0 Å². The van der Waals surface area contributed by atoms with Crippen molar-refractivity contribution < 1.29 is 17.7 Å². The summed E-state index contributed by atoms with van der Waals surface area (Å²) in [5.74, 6) is 1.32. The van der Waals surface area contributed by atoms with E-state index < -0.39 is 17.1 Å². The van der Waals surface area contributed by atoms with Crippen molar-refractivity contribution in [3.05, 3.63) is 0 Å². The molecule has 0 atom stereocenters. The molecular formula is C18H44O4Si2. The first kappa shape index (κ1) is 26.5. The van der Waals surface area contributed by atoms with Crippen molar-refractivity contribution in [3.63, 3.8) is 0 Å². The van der Waals surface area contributed by atoms with Gasteiger partial charge in [0.25, 0.3) is 0 Å². The molecule has 0 heterocycles. The third-order valence-electron chi connectivity index (χ3n) is 4.43. The van der Waals surface area contributed by atoms with E-state index in [4.69, 9.17) is 17.7 Å². The molecule has 0 rings (SSSR count). The number of hydrogen-bond donors (Lipinski definition) is 0. The highest BCUT2D eigenvalue weighted by atomic mass is 28.4. The standard InChI is InChI=1S/C10H24O2Si.C8H20O2Si/c1-9(2)7-13(11-5,12-6)8-10(3)4;1-7(2)11(9-5,10-6)8(3)4/h9-10H,7-8H2,1-6H3;7-8H,1-6H3. The zero-order chi connectivity index (χ0) is 19.6. The van der Waals surface area contributed by atoms with Crippen LogP contribution in [0.15, 0.2) is 0 Å². The summed E-state index contributed by atoms with van der Waals surface area (Å²) in [6.07, 6.45) is 0. The Labute approximate surface area is 154 Å². The van der Waals surface area contributed by atoms with Gasteiger partial charge in [-0.3, -0.25) is 0 Å². The molecule has 24 heavy (non-hydrogen) atoms. The van der Waals surface area contributed by atoms with Crippen LogP contribution in [0.1, 0.15) is 55.4 Å². The lowest BCUT2D eigenvalue weighted by molar-refractivity contribution is 0.223. The largest absolute Gasteiger partial charge is 0.398 e. The zero-order valence-electron chi connectivity index (χ0n) is 18.4. The van der Waals surface area contributed by atoms with Crippen LogP contribution < -0.4 is 0 Å². The van der Waals surface area contributed by atoms with Crippen LogP contribution in [0.3, 0.4) is 0 Å². The van der Waals surface area contributed by atoms with Crippen LogP contribution in [0, 0.1) is 11.8 Å². The van der Waals surface area contributed by atoms with E-state index in [-0.39, 0.29) is 0 Å². The topological polar surface area (TPSA) is 36.9 Å². The molecule has 148 valence electrons. The lowest BCUT2D eigenvalue weighted by Gasteiger charge is -2.34. The van der Waals surface area contributed by atoms with Crippen molar-refractivity contribution in [3.8, 4) is 0 Å². The third kappa shape index (κ3) is 8.58. The van der Waals surface area contributed by atoms with Crippen molar-refractivity contribution in [1.82, 2.24) is 0 Å². The zero-order valence-corrected chi connectivity index (χ0v) is 20.4. The second-order valence-electron chi connectivity index (χ2n) is 7.95. The molecule has 0 amide bonds. The molecule has 0 saturated heterocycles. The first-order valence-electron chi connectivity index (χ1n) is 9.17. The highest BCUT2D eigenvalue weighted by molar-refractivity contribution is 6.70. The smallest absolute Gasteiger partial charge is 0.342 e.